The second-order valence-electron chi connectivity index (χ2n) is 3.85. The zero-order valence-corrected chi connectivity index (χ0v) is 10.9. The SMILES string of the molecule is O=C(O)Cn1nnnc1Sc1nncc2ccccc12. The van der Waals surface area contributed by atoms with Crippen LogP contribution in [-0.4, -0.2) is 41.5 Å². The van der Waals surface area contributed by atoms with Crippen molar-refractivity contribution in [3.63, 3.8) is 0 Å². The van der Waals surface area contributed by atoms with E-state index in [0.717, 1.165) is 10.8 Å². The highest BCUT2D eigenvalue weighted by molar-refractivity contribution is 7.99. The Labute approximate surface area is 116 Å². The number of carbonyl (C=O) groups is 1. The van der Waals surface area contributed by atoms with Crippen LogP contribution in [0.5, 0.6) is 0 Å². The molecular formula is C11H8N6O2S. The van der Waals surface area contributed by atoms with Gasteiger partial charge in [0.15, 0.2) is 0 Å². The molecule has 0 unspecified atom stereocenters. The van der Waals surface area contributed by atoms with Gasteiger partial charge in [-0.1, -0.05) is 24.3 Å². The number of rotatable bonds is 4. The lowest BCUT2D eigenvalue weighted by molar-refractivity contribution is -0.138. The molecule has 0 spiro atoms. The molecular weight excluding hydrogens is 280 g/mol. The topological polar surface area (TPSA) is 107 Å². The van der Waals surface area contributed by atoms with Gasteiger partial charge in [0.1, 0.15) is 11.6 Å². The molecule has 0 bridgehead atoms. The van der Waals surface area contributed by atoms with Gasteiger partial charge in [-0.15, -0.1) is 10.2 Å². The average Bonchev–Trinajstić information content (AvgIpc) is 2.86. The molecule has 3 aromatic rings. The van der Waals surface area contributed by atoms with Crippen molar-refractivity contribution in [1.82, 2.24) is 30.4 Å². The zero-order chi connectivity index (χ0) is 13.9. The fourth-order valence-electron chi connectivity index (χ4n) is 1.66. The predicted molar refractivity (Wildman–Crippen MR) is 69.1 cm³/mol. The van der Waals surface area contributed by atoms with Crippen molar-refractivity contribution in [3.8, 4) is 0 Å². The van der Waals surface area contributed by atoms with Crippen molar-refractivity contribution in [3.05, 3.63) is 30.5 Å². The first-order chi connectivity index (χ1) is 9.74. The van der Waals surface area contributed by atoms with Gasteiger partial charge in [0, 0.05) is 10.8 Å². The Bertz CT molecular complexity index is 769. The number of aliphatic carboxylic acids is 1. The maximum absolute atomic E-state index is 10.7. The Kier molecular flexibility index (Phi) is 3.25. The molecule has 1 aromatic carbocycles. The van der Waals surface area contributed by atoms with Gasteiger partial charge in [-0.25, -0.2) is 4.68 Å². The van der Waals surface area contributed by atoms with Crippen LogP contribution >= 0.6 is 11.8 Å². The van der Waals surface area contributed by atoms with E-state index in [1.165, 1.54) is 16.4 Å². The van der Waals surface area contributed by atoms with E-state index in [-0.39, 0.29) is 6.54 Å². The van der Waals surface area contributed by atoms with Gasteiger partial charge in [-0.2, -0.15) is 5.10 Å². The van der Waals surface area contributed by atoms with E-state index in [1.54, 1.807) is 6.20 Å². The molecule has 8 nitrogen and oxygen atoms in total. The molecule has 100 valence electrons. The Morgan fingerprint density at radius 2 is 2.15 bits per heavy atom. The number of hydrogen-bond donors (Lipinski definition) is 1. The van der Waals surface area contributed by atoms with Crippen molar-refractivity contribution in [1.29, 1.82) is 0 Å². The number of hydrogen-bond acceptors (Lipinski definition) is 7. The first-order valence-electron chi connectivity index (χ1n) is 5.60. The lowest BCUT2D eigenvalue weighted by Crippen LogP contribution is -2.11. The van der Waals surface area contributed by atoms with Gasteiger partial charge >= 0.3 is 5.97 Å². The van der Waals surface area contributed by atoms with E-state index in [9.17, 15) is 4.79 Å². The van der Waals surface area contributed by atoms with Gasteiger partial charge in [-0.05, 0) is 22.2 Å². The largest absolute Gasteiger partial charge is 0.480 e. The standard InChI is InChI=1S/C11H8N6O2S/c18-9(19)6-17-11(14-15-16-17)20-10-8-4-2-1-3-7(8)5-12-13-10/h1-5H,6H2,(H,18,19). The van der Waals surface area contributed by atoms with Crippen molar-refractivity contribution < 1.29 is 9.90 Å². The summed E-state index contributed by atoms with van der Waals surface area (Å²) in [6.45, 7) is -0.298. The molecule has 1 N–H and O–H groups in total. The average molecular weight is 288 g/mol. The van der Waals surface area contributed by atoms with Gasteiger partial charge in [0.2, 0.25) is 5.16 Å². The molecule has 0 saturated carbocycles. The van der Waals surface area contributed by atoms with E-state index in [2.05, 4.69) is 25.7 Å². The Hall–Kier alpha value is -2.55. The molecule has 0 atom stereocenters. The van der Waals surface area contributed by atoms with Crippen LogP contribution in [0.1, 0.15) is 0 Å². The summed E-state index contributed by atoms with van der Waals surface area (Å²) in [7, 11) is 0. The Morgan fingerprint density at radius 1 is 1.30 bits per heavy atom. The minimum absolute atomic E-state index is 0.298. The van der Waals surface area contributed by atoms with E-state index in [0.29, 0.717) is 10.2 Å². The minimum atomic E-state index is -1.01. The molecule has 9 heteroatoms. The number of carboxylic acid groups (broad SMARTS) is 1. The van der Waals surface area contributed by atoms with Crippen LogP contribution in [0.4, 0.5) is 0 Å². The maximum atomic E-state index is 10.7. The third-order valence-electron chi connectivity index (χ3n) is 2.51. The molecule has 0 amide bonds. The highest BCUT2D eigenvalue weighted by Crippen LogP contribution is 2.29. The Morgan fingerprint density at radius 3 is 3.00 bits per heavy atom. The molecule has 3 rings (SSSR count). The van der Waals surface area contributed by atoms with Crippen LogP contribution in [0.25, 0.3) is 10.8 Å². The smallest absolute Gasteiger partial charge is 0.325 e. The number of fused-ring (bicyclic) bond motifs is 1. The lowest BCUT2D eigenvalue weighted by atomic mass is 10.2. The summed E-state index contributed by atoms with van der Waals surface area (Å²) in [5.41, 5.74) is 0. The molecule has 0 aliphatic rings. The highest BCUT2D eigenvalue weighted by Gasteiger charge is 2.13. The van der Waals surface area contributed by atoms with Crippen LogP contribution < -0.4 is 0 Å². The summed E-state index contributed by atoms with van der Waals surface area (Å²) in [6.07, 6.45) is 1.67. The van der Waals surface area contributed by atoms with Crippen molar-refractivity contribution in [2.45, 2.75) is 16.7 Å². The minimum Gasteiger partial charge on any atom is -0.480 e. The second-order valence-corrected chi connectivity index (χ2v) is 4.81. The molecule has 0 fully saturated rings. The van der Waals surface area contributed by atoms with E-state index >= 15 is 0 Å². The number of tetrazole rings is 1. The quantitative estimate of drug-likeness (QED) is 0.753. The molecule has 2 heterocycles. The summed E-state index contributed by atoms with van der Waals surface area (Å²) < 4.78 is 1.20. The van der Waals surface area contributed by atoms with Crippen LogP contribution in [0.3, 0.4) is 0 Å². The number of benzene rings is 1. The number of aromatic nitrogens is 6. The first-order valence-corrected chi connectivity index (χ1v) is 6.42. The van der Waals surface area contributed by atoms with Gasteiger partial charge in [-0.3, -0.25) is 4.79 Å². The second kappa shape index (κ2) is 5.21. The molecule has 0 saturated heterocycles. The third-order valence-corrected chi connectivity index (χ3v) is 3.48. The normalized spacial score (nSPS) is 10.8. The summed E-state index contributed by atoms with van der Waals surface area (Å²) >= 11 is 1.18. The summed E-state index contributed by atoms with van der Waals surface area (Å²) in [4.78, 5) is 10.7. The predicted octanol–water partition coefficient (Wildman–Crippen LogP) is 0.852. The third kappa shape index (κ3) is 2.43. The molecule has 0 aliphatic heterocycles. The zero-order valence-electron chi connectivity index (χ0n) is 10.0. The molecule has 0 radical (unpaired) electrons. The highest BCUT2D eigenvalue weighted by atomic mass is 32.2. The van der Waals surface area contributed by atoms with Gasteiger partial charge < -0.3 is 5.11 Å². The van der Waals surface area contributed by atoms with Crippen LogP contribution in [0.15, 0.2) is 40.6 Å². The van der Waals surface area contributed by atoms with E-state index < -0.39 is 5.97 Å². The molecule has 2 aromatic heterocycles. The number of carboxylic acids is 1. The lowest BCUT2D eigenvalue weighted by Gasteiger charge is -2.03. The maximum Gasteiger partial charge on any atom is 0.325 e. The van der Waals surface area contributed by atoms with Crippen molar-refractivity contribution in [2.24, 2.45) is 0 Å². The first kappa shape index (κ1) is 12.5. The summed E-state index contributed by atoms with van der Waals surface area (Å²) in [6, 6.07) is 7.65. The van der Waals surface area contributed by atoms with Crippen LogP contribution in [0, 0.1) is 0 Å². The van der Waals surface area contributed by atoms with Gasteiger partial charge in [0.05, 0.1) is 6.20 Å². The van der Waals surface area contributed by atoms with E-state index in [1.807, 2.05) is 24.3 Å². The van der Waals surface area contributed by atoms with Gasteiger partial charge in [0.25, 0.3) is 0 Å². The summed E-state index contributed by atoms with van der Waals surface area (Å²) in [5.74, 6) is -1.01. The van der Waals surface area contributed by atoms with Crippen molar-refractivity contribution in [2.75, 3.05) is 0 Å². The van der Waals surface area contributed by atoms with Crippen molar-refractivity contribution >= 4 is 28.5 Å². The molecule has 20 heavy (non-hydrogen) atoms. The fourth-order valence-corrected chi connectivity index (χ4v) is 2.50. The monoisotopic (exact) mass is 288 g/mol. The molecule has 0 aliphatic carbocycles. The van der Waals surface area contributed by atoms with E-state index in [4.69, 9.17) is 5.11 Å². The number of nitrogens with zero attached hydrogens (tertiary/aromatic N) is 6. The van der Waals surface area contributed by atoms with Crippen LogP contribution in [-0.2, 0) is 11.3 Å². The fraction of sp³-hybridized carbons (Fsp3) is 0.0909. The Balaban J connectivity index is 1.98. The van der Waals surface area contributed by atoms with Crippen LogP contribution in [0.2, 0.25) is 0 Å². The summed E-state index contributed by atoms with van der Waals surface area (Å²) in [5, 5.41) is 30.5.